The number of hydrogen-bond acceptors (Lipinski definition) is 4. The van der Waals surface area contributed by atoms with Crippen molar-refractivity contribution in [2.75, 3.05) is 27.2 Å². The summed E-state index contributed by atoms with van der Waals surface area (Å²) in [7, 11) is 4.20. The Morgan fingerprint density at radius 3 is 2.33 bits per heavy atom. The van der Waals surface area contributed by atoms with Crippen LogP contribution < -0.4 is 5.73 Å². The number of carbonyl (C=O) groups is 1. The lowest BCUT2D eigenvalue weighted by atomic mass is 9.58. The number of rotatable bonds is 5. The molecule has 2 bridgehead atoms. The molecule has 0 heterocycles. The first-order valence-corrected chi connectivity index (χ1v) is 8.23. The molecule has 4 heteroatoms. The summed E-state index contributed by atoms with van der Waals surface area (Å²) in [5.74, 6) is 0.286. The van der Waals surface area contributed by atoms with Crippen LogP contribution in [0.2, 0.25) is 0 Å². The maximum atomic E-state index is 12.6. The fourth-order valence-electron chi connectivity index (χ4n) is 5.57. The highest BCUT2D eigenvalue weighted by molar-refractivity contribution is 5.75. The van der Waals surface area contributed by atoms with Gasteiger partial charge in [0.05, 0.1) is 12.5 Å². The van der Waals surface area contributed by atoms with Crippen LogP contribution in [0.25, 0.3) is 0 Å². The van der Waals surface area contributed by atoms with Gasteiger partial charge >= 0.3 is 5.97 Å². The molecule has 4 atom stereocenters. The molecule has 2 N–H and O–H groups in total. The van der Waals surface area contributed by atoms with Crippen LogP contribution in [0.4, 0.5) is 0 Å². The molecule has 2 saturated carbocycles. The van der Waals surface area contributed by atoms with Crippen LogP contribution in [-0.2, 0) is 9.53 Å². The first-order valence-electron chi connectivity index (χ1n) is 8.23. The molecule has 122 valence electrons. The van der Waals surface area contributed by atoms with Crippen molar-refractivity contribution in [2.45, 2.75) is 52.5 Å². The molecule has 2 rings (SSSR count). The van der Waals surface area contributed by atoms with Gasteiger partial charge in [0.25, 0.3) is 0 Å². The van der Waals surface area contributed by atoms with E-state index < -0.39 is 0 Å². The van der Waals surface area contributed by atoms with E-state index in [0.29, 0.717) is 19.1 Å². The molecule has 0 spiro atoms. The Labute approximate surface area is 129 Å². The second-order valence-corrected chi connectivity index (χ2v) is 7.85. The van der Waals surface area contributed by atoms with Crippen LogP contribution in [0.1, 0.15) is 47.0 Å². The van der Waals surface area contributed by atoms with Crippen LogP contribution in [0.15, 0.2) is 0 Å². The van der Waals surface area contributed by atoms with E-state index >= 15 is 0 Å². The highest BCUT2D eigenvalue weighted by atomic mass is 16.5. The van der Waals surface area contributed by atoms with Gasteiger partial charge < -0.3 is 15.4 Å². The number of hydrogen-bond donors (Lipinski definition) is 1. The Kier molecular flexibility index (Phi) is 4.18. The number of fused-ring (bicyclic) bond motifs is 2. The van der Waals surface area contributed by atoms with Crippen molar-refractivity contribution in [2.24, 2.45) is 28.4 Å². The van der Waals surface area contributed by atoms with Gasteiger partial charge in [-0.25, -0.2) is 0 Å². The number of carbonyl (C=O) groups excluding carboxylic acids is 1. The van der Waals surface area contributed by atoms with Gasteiger partial charge in [-0.05, 0) is 57.0 Å². The summed E-state index contributed by atoms with van der Waals surface area (Å²) >= 11 is 0. The lowest BCUT2D eigenvalue weighted by Gasteiger charge is -2.55. The fourth-order valence-corrected chi connectivity index (χ4v) is 5.57. The predicted molar refractivity (Wildman–Crippen MR) is 84.8 cm³/mol. The summed E-state index contributed by atoms with van der Waals surface area (Å²) < 4.78 is 5.36. The minimum absolute atomic E-state index is 0.0883. The third kappa shape index (κ3) is 1.91. The van der Waals surface area contributed by atoms with Crippen molar-refractivity contribution in [1.29, 1.82) is 0 Å². The molecule has 2 aliphatic rings. The first kappa shape index (κ1) is 16.8. The molecule has 0 aromatic rings. The zero-order valence-electron chi connectivity index (χ0n) is 14.5. The average Bonchev–Trinajstić information content (AvgIpc) is 2.71. The maximum Gasteiger partial charge on any atom is 0.312 e. The molecule has 2 aliphatic carbocycles. The molecule has 21 heavy (non-hydrogen) atoms. The number of nitrogens with two attached hydrogens (primary N) is 1. The summed E-state index contributed by atoms with van der Waals surface area (Å²) in [6, 6.07) is 0. The largest absolute Gasteiger partial charge is 0.466 e. The van der Waals surface area contributed by atoms with Gasteiger partial charge in [0.15, 0.2) is 0 Å². The van der Waals surface area contributed by atoms with Crippen LogP contribution in [0, 0.1) is 22.7 Å². The van der Waals surface area contributed by atoms with E-state index in [2.05, 4.69) is 39.8 Å². The van der Waals surface area contributed by atoms with Gasteiger partial charge in [-0.15, -0.1) is 0 Å². The van der Waals surface area contributed by atoms with E-state index in [1.807, 2.05) is 6.92 Å². The van der Waals surface area contributed by atoms with Crippen molar-refractivity contribution >= 4 is 5.97 Å². The number of nitrogens with zero attached hydrogens (tertiary/aromatic N) is 1. The number of esters is 1. The summed E-state index contributed by atoms with van der Waals surface area (Å²) in [6.07, 6.45) is 3.47. The zero-order chi connectivity index (χ0) is 16.1. The molecule has 2 fully saturated rings. The normalized spacial score (nSPS) is 38.8. The van der Waals surface area contributed by atoms with Crippen LogP contribution >= 0.6 is 0 Å². The van der Waals surface area contributed by atoms with Gasteiger partial charge in [-0.2, -0.15) is 0 Å². The van der Waals surface area contributed by atoms with Crippen LogP contribution in [-0.4, -0.2) is 43.7 Å². The van der Waals surface area contributed by atoms with Crippen LogP contribution in [0.3, 0.4) is 0 Å². The van der Waals surface area contributed by atoms with Crippen molar-refractivity contribution < 1.29 is 9.53 Å². The van der Waals surface area contributed by atoms with Crippen molar-refractivity contribution in [3.05, 3.63) is 0 Å². The Morgan fingerprint density at radius 2 is 2.00 bits per heavy atom. The minimum Gasteiger partial charge on any atom is -0.466 e. The lowest BCUT2D eigenvalue weighted by molar-refractivity contribution is -0.160. The summed E-state index contributed by atoms with van der Waals surface area (Å²) in [4.78, 5) is 14.8. The van der Waals surface area contributed by atoms with E-state index in [9.17, 15) is 4.79 Å². The predicted octanol–water partition coefficient (Wildman–Crippen LogP) is 2.27. The summed E-state index contributed by atoms with van der Waals surface area (Å²) in [5, 5.41) is 0. The smallest absolute Gasteiger partial charge is 0.312 e. The molecule has 0 aromatic heterocycles. The van der Waals surface area contributed by atoms with E-state index in [1.54, 1.807) is 0 Å². The maximum absolute atomic E-state index is 12.6. The minimum atomic E-state index is -0.248. The summed E-state index contributed by atoms with van der Waals surface area (Å²) in [6.45, 7) is 9.74. The van der Waals surface area contributed by atoms with Gasteiger partial charge in [0, 0.05) is 12.1 Å². The van der Waals surface area contributed by atoms with E-state index in [4.69, 9.17) is 10.5 Å². The molecule has 0 radical (unpaired) electrons. The van der Waals surface area contributed by atoms with Crippen molar-refractivity contribution in [3.8, 4) is 0 Å². The third-order valence-corrected chi connectivity index (χ3v) is 7.13. The quantitative estimate of drug-likeness (QED) is 0.791. The second-order valence-electron chi connectivity index (χ2n) is 7.85. The van der Waals surface area contributed by atoms with Gasteiger partial charge in [0.1, 0.15) is 0 Å². The van der Waals surface area contributed by atoms with E-state index in [1.165, 1.54) is 12.8 Å². The van der Waals surface area contributed by atoms with E-state index in [-0.39, 0.29) is 28.3 Å². The molecule has 4 nitrogen and oxygen atoms in total. The molecular weight excluding hydrogens is 264 g/mol. The molecule has 0 saturated heterocycles. The summed E-state index contributed by atoms with van der Waals surface area (Å²) in [5.41, 5.74) is 6.19. The Hall–Kier alpha value is -0.610. The zero-order valence-corrected chi connectivity index (χ0v) is 14.5. The van der Waals surface area contributed by atoms with Crippen LogP contribution in [0.5, 0.6) is 0 Å². The van der Waals surface area contributed by atoms with Gasteiger partial charge in [-0.3, -0.25) is 4.79 Å². The second kappa shape index (κ2) is 5.24. The molecular formula is C17H32N2O2. The molecule has 0 unspecified atom stereocenters. The Bertz CT molecular complexity index is 421. The first-order chi connectivity index (χ1) is 9.69. The highest BCUT2D eigenvalue weighted by Gasteiger charge is 2.72. The Morgan fingerprint density at radius 1 is 1.38 bits per heavy atom. The van der Waals surface area contributed by atoms with Gasteiger partial charge in [-0.1, -0.05) is 20.8 Å². The molecule has 0 amide bonds. The molecule has 0 aromatic carbocycles. The number of ether oxygens (including phenoxy) is 1. The average molecular weight is 296 g/mol. The third-order valence-electron chi connectivity index (χ3n) is 7.13. The monoisotopic (exact) mass is 296 g/mol. The standard InChI is InChI=1S/C17H32N2O2/c1-7-21-14(20)13(11-18)17(19(5)6)10-12-8-9-16(17,4)15(12,2)3/h12-13H,7-11,18H2,1-6H3/t12-,13+,16+,17-/m0/s1. The topological polar surface area (TPSA) is 55.6 Å². The Balaban J connectivity index is 2.51. The van der Waals surface area contributed by atoms with Crippen molar-refractivity contribution in [1.82, 2.24) is 4.90 Å². The molecule has 0 aliphatic heterocycles. The van der Waals surface area contributed by atoms with Crippen molar-refractivity contribution in [3.63, 3.8) is 0 Å². The fraction of sp³-hybridized carbons (Fsp3) is 0.941. The highest BCUT2D eigenvalue weighted by Crippen LogP contribution is 2.72. The van der Waals surface area contributed by atoms with E-state index in [0.717, 1.165) is 6.42 Å². The van der Waals surface area contributed by atoms with Gasteiger partial charge in [0.2, 0.25) is 0 Å². The SMILES string of the molecule is CCOC(=O)[C@@H](CN)[C@@]1(N(C)C)C[C@@H]2CC[C@]1(C)C2(C)C. The lowest BCUT2D eigenvalue weighted by Crippen LogP contribution is -2.64.